The van der Waals surface area contributed by atoms with E-state index < -0.39 is 10.0 Å². The molecule has 0 aliphatic carbocycles. The van der Waals surface area contributed by atoms with Crippen LogP contribution in [0.4, 0.5) is 0 Å². The van der Waals surface area contributed by atoms with Gasteiger partial charge in [-0.2, -0.15) is 4.31 Å². The van der Waals surface area contributed by atoms with Gasteiger partial charge in [-0.05, 0) is 6.92 Å². The quantitative estimate of drug-likeness (QED) is 0.285. The van der Waals surface area contributed by atoms with Gasteiger partial charge < -0.3 is 29.2 Å². The van der Waals surface area contributed by atoms with E-state index in [2.05, 4.69) is 0 Å². The van der Waals surface area contributed by atoms with Gasteiger partial charge in [0.25, 0.3) is 0 Å². The van der Waals surface area contributed by atoms with E-state index in [0.717, 1.165) is 0 Å². The molecule has 2 N–H and O–H groups in total. The number of aliphatic hydroxyl groups is 2. The maximum atomic E-state index is 12.0. The van der Waals surface area contributed by atoms with Crippen molar-refractivity contribution in [2.45, 2.75) is 6.92 Å². The van der Waals surface area contributed by atoms with Crippen LogP contribution < -0.4 is 0 Å². The number of ether oxygens (including phenoxy) is 4. The maximum absolute atomic E-state index is 12.0. The van der Waals surface area contributed by atoms with Gasteiger partial charge in [-0.3, -0.25) is 0 Å². The predicted octanol–water partition coefficient (Wildman–Crippen LogP) is -1.31. The number of hydrogen-bond donors (Lipinski definition) is 2. The molecule has 0 aromatic rings. The van der Waals surface area contributed by atoms with Crippen LogP contribution in [0.5, 0.6) is 0 Å². The standard InChI is InChI=1S/C14H31NO8S/c1-2-24(18,19)15(3-7-20-11-13-22-9-5-16)4-8-21-12-14-23-10-6-17/h16-17H,2-14H2,1H3. The molecule has 9 nitrogen and oxygen atoms in total. The van der Waals surface area contributed by atoms with E-state index >= 15 is 0 Å². The molecule has 0 amide bonds. The highest BCUT2D eigenvalue weighted by Gasteiger charge is 2.19. The van der Waals surface area contributed by atoms with Crippen molar-refractivity contribution in [2.75, 3.05) is 84.9 Å². The highest BCUT2D eigenvalue weighted by molar-refractivity contribution is 7.89. The minimum absolute atomic E-state index is 0.0201. The number of sulfonamides is 1. The van der Waals surface area contributed by atoms with Crippen molar-refractivity contribution < 1.29 is 37.6 Å². The molecule has 0 aromatic carbocycles. The molecule has 0 atom stereocenters. The second-order valence-corrected chi connectivity index (χ2v) is 6.95. The lowest BCUT2D eigenvalue weighted by Crippen LogP contribution is -2.38. The lowest BCUT2D eigenvalue weighted by Gasteiger charge is -2.21. The smallest absolute Gasteiger partial charge is 0.213 e. The highest BCUT2D eigenvalue weighted by atomic mass is 32.2. The molecule has 0 radical (unpaired) electrons. The zero-order chi connectivity index (χ0) is 18.1. The van der Waals surface area contributed by atoms with Gasteiger partial charge in [0.2, 0.25) is 10.0 Å². The van der Waals surface area contributed by atoms with Gasteiger partial charge in [0.1, 0.15) is 0 Å². The molecule has 0 bridgehead atoms. The van der Waals surface area contributed by atoms with Gasteiger partial charge in [0.05, 0.1) is 71.8 Å². The van der Waals surface area contributed by atoms with Gasteiger partial charge in [-0.15, -0.1) is 0 Å². The summed E-state index contributed by atoms with van der Waals surface area (Å²) in [6, 6.07) is 0. The molecule has 0 aromatic heterocycles. The van der Waals surface area contributed by atoms with Crippen LogP contribution >= 0.6 is 0 Å². The predicted molar refractivity (Wildman–Crippen MR) is 88.5 cm³/mol. The Hall–Kier alpha value is -0.330. The Kier molecular flexibility index (Phi) is 15.9. The SMILES string of the molecule is CCS(=O)(=O)N(CCOCCOCCO)CCOCCOCCO. The van der Waals surface area contributed by atoms with E-state index in [4.69, 9.17) is 29.2 Å². The third-order valence-electron chi connectivity index (χ3n) is 2.94. The average molecular weight is 373 g/mol. The summed E-state index contributed by atoms with van der Waals surface area (Å²) in [7, 11) is -3.32. The molecule has 146 valence electrons. The summed E-state index contributed by atoms with van der Waals surface area (Å²) >= 11 is 0. The number of aliphatic hydroxyl groups excluding tert-OH is 2. The molecule has 10 heteroatoms. The van der Waals surface area contributed by atoms with E-state index in [-0.39, 0.29) is 58.5 Å². The first-order valence-electron chi connectivity index (χ1n) is 8.09. The Morgan fingerprint density at radius 1 is 0.708 bits per heavy atom. The lowest BCUT2D eigenvalue weighted by atomic mass is 10.6. The van der Waals surface area contributed by atoms with Crippen LogP contribution in [-0.2, 0) is 29.0 Å². The Morgan fingerprint density at radius 3 is 1.42 bits per heavy atom. The maximum Gasteiger partial charge on any atom is 0.213 e. The second-order valence-electron chi connectivity index (χ2n) is 4.70. The third kappa shape index (κ3) is 13.0. The van der Waals surface area contributed by atoms with Crippen molar-refractivity contribution in [3.63, 3.8) is 0 Å². The summed E-state index contributed by atoms with van der Waals surface area (Å²) in [6.07, 6.45) is 0. The van der Waals surface area contributed by atoms with Crippen LogP contribution in [0.2, 0.25) is 0 Å². The van der Waals surface area contributed by atoms with Gasteiger partial charge in [-0.25, -0.2) is 8.42 Å². The summed E-state index contributed by atoms with van der Waals surface area (Å²) in [6.45, 7) is 4.49. The first-order chi connectivity index (χ1) is 11.6. The third-order valence-corrected chi connectivity index (χ3v) is 4.83. The van der Waals surface area contributed by atoms with E-state index in [1.54, 1.807) is 6.92 Å². The van der Waals surface area contributed by atoms with Crippen LogP contribution in [0.25, 0.3) is 0 Å². The van der Waals surface area contributed by atoms with Crippen molar-refractivity contribution in [3.05, 3.63) is 0 Å². The van der Waals surface area contributed by atoms with Crippen molar-refractivity contribution >= 4 is 10.0 Å². The fourth-order valence-electron chi connectivity index (χ4n) is 1.68. The molecule has 0 saturated heterocycles. The van der Waals surface area contributed by atoms with E-state index in [9.17, 15) is 8.42 Å². The molecule has 0 rings (SSSR count). The molecular formula is C14H31NO8S. The molecule has 24 heavy (non-hydrogen) atoms. The molecule has 0 fully saturated rings. The molecular weight excluding hydrogens is 342 g/mol. The lowest BCUT2D eigenvalue weighted by molar-refractivity contribution is 0.0230. The summed E-state index contributed by atoms with van der Waals surface area (Å²) < 4.78 is 46.1. The second kappa shape index (κ2) is 16.2. The van der Waals surface area contributed by atoms with Gasteiger partial charge in [0, 0.05) is 13.1 Å². The minimum Gasteiger partial charge on any atom is -0.394 e. The van der Waals surface area contributed by atoms with Crippen LogP contribution in [0, 0.1) is 0 Å². The molecule has 0 unspecified atom stereocenters. The minimum atomic E-state index is -3.32. The highest BCUT2D eigenvalue weighted by Crippen LogP contribution is 2.01. The van der Waals surface area contributed by atoms with E-state index in [1.165, 1.54) is 4.31 Å². The molecule has 0 saturated carbocycles. The van der Waals surface area contributed by atoms with Gasteiger partial charge in [-0.1, -0.05) is 0 Å². The normalized spacial score (nSPS) is 12.2. The Bertz CT molecular complexity index is 348. The Morgan fingerprint density at radius 2 is 1.08 bits per heavy atom. The van der Waals surface area contributed by atoms with Crippen LogP contribution in [-0.4, -0.2) is 108 Å². The fraction of sp³-hybridized carbons (Fsp3) is 1.00. The molecule has 0 aliphatic rings. The van der Waals surface area contributed by atoms with Crippen molar-refractivity contribution in [2.24, 2.45) is 0 Å². The Labute approximate surface area is 144 Å². The number of nitrogens with zero attached hydrogens (tertiary/aromatic N) is 1. The van der Waals surface area contributed by atoms with Crippen LogP contribution in [0.15, 0.2) is 0 Å². The van der Waals surface area contributed by atoms with Crippen LogP contribution in [0.1, 0.15) is 6.92 Å². The monoisotopic (exact) mass is 373 g/mol. The number of rotatable bonds is 18. The van der Waals surface area contributed by atoms with Crippen molar-refractivity contribution in [3.8, 4) is 0 Å². The summed E-state index contributed by atoms with van der Waals surface area (Å²) in [5.74, 6) is 0.0201. The Balaban J connectivity index is 3.91. The van der Waals surface area contributed by atoms with Gasteiger partial charge >= 0.3 is 0 Å². The van der Waals surface area contributed by atoms with Crippen molar-refractivity contribution in [1.82, 2.24) is 4.31 Å². The first kappa shape index (κ1) is 23.7. The molecule has 0 heterocycles. The number of hydrogen-bond acceptors (Lipinski definition) is 8. The fourth-order valence-corrected chi connectivity index (χ4v) is 2.75. The van der Waals surface area contributed by atoms with Crippen LogP contribution in [0.3, 0.4) is 0 Å². The molecule has 0 aliphatic heterocycles. The van der Waals surface area contributed by atoms with Gasteiger partial charge in [0.15, 0.2) is 0 Å². The zero-order valence-electron chi connectivity index (χ0n) is 14.4. The van der Waals surface area contributed by atoms with E-state index in [1.807, 2.05) is 0 Å². The van der Waals surface area contributed by atoms with Crippen molar-refractivity contribution in [1.29, 1.82) is 0 Å². The zero-order valence-corrected chi connectivity index (χ0v) is 15.2. The average Bonchev–Trinajstić information content (AvgIpc) is 2.58. The topological polar surface area (TPSA) is 115 Å². The molecule has 0 spiro atoms. The largest absolute Gasteiger partial charge is 0.394 e. The first-order valence-corrected chi connectivity index (χ1v) is 9.70. The summed E-state index contributed by atoms with van der Waals surface area (Å²) in [4.78, 5) is 0. The summed E-state index contributed by atoms with van der Waals surface area (Å²) in [5.41, 5.74) is 0. The summed E-state index contributed by atoms with van der Waals surface area (Å²) in [5, 5.41) is 17.1. The van der Waals surface area contributed by atoms with E-state index in [0.29, 0.717) is 26.4 Å².